The molecule has 0 aliphatic carbocycles. The van der Waals surface area contributed by atoms with Crippen LogP contribution in [0.4, 0.5) is 5.69 Å². The Morgan fingerprint density at radius 2 is 1.52 bits per heavy atom. The van der Waals surface area contributed by atoms with Crippen LogP contribution in [0.5, 0.6) is 0 Å². The van der Waals surface area contributed by atoms with Crippen LogP contribution in [0.3, 0.4) is 0 Å². The van der Waals surface area contributed by atoms with Gasteiger partial charge in [-0.05, 0) is 96.1 Å². The number of aromatic nitrogens is 1. The van der Waals surface area contributed by atoms with Crippen molar-refractivity contribution < 1.29 is 9.59 Å². The number of anilines is 1. The lowest BCUT2D eigenvalue weighted by Crippen LogP contribution is -2.31. The average Bonchev–Trinajstić information content (AvgIpc) is 3.31. The second kappa shape index (κ2) is 11.7. The molecule has 1 aliphatic rings. The number of nitrogens with zero attached hydrogens (tertiary/aromatic N) is 2. The fourth-order valence-corrected chi connectivity index (χ4v) is 5.86. The van der Waals surface area contributed by atoms with Crippen molar-refractivity contribution in [2.75, 3.05) is 11.4 Å². The predicted molar refractivity (Wildman–Crippen MR) is 169 cm³/mol. The Labute approximate surface area is 251 Å². The van der Waals surface area contributed by atoms with E-state index in [1.54, 1.807) is 0 Å². The van der Waals surface area contributed by atoms with Gasteiger partial charge < -0.3 is 14.8 Å². The summed E-state index contributed by atoms with van der Waals surface area (Å²) >= 11 is 5.99. The van der Waals surface area contributed by atoms with E-state index in [4.69, 9.17) is 11.6 Å². The highest BCUT2D eigenvalue weighted by molar-refractivity contribution is 6.30. The standard InChI is InChI=1S/C36H32ClN3O2/c1-24-7-3-5-9-31(24)32-17-13-27(21-25(32)2)36(42)40-23-30-16-18-34(39(30)22-28-8-4-6-10-33(28)40)35(41)38-20-19-26-11-14-29(37)15-12-26/h3-18,21H,19-20,22-23H2,1-2H3,(H,38,41). The van der Waals surface area contributed by atoms with Gasteiger partial charge in [-0.3, -0.25) is 9.59 Å². The summed E-state index contributed by atoms with van der Waals surface area (Å²) in [6.07, 6.45) is 0.712. The van der Waals surface area contributed by atoms with Crippen LogP contribution < -0.4 is 10.2 Å². The van der Waals surface area contributed by atoms with E-state index in [2.05, 4.69) is 31.3 Å². The van der Waals surface area contributed by atoms with Gasteiger partial charge in [-0.1, -0.05) is 72.3 Å². The molecular weight excluding hydrogens is 542 g/mol. The molecule has 1 aliphatic heterocycles. The molecule has 0 spiro atoms. The van der Waals surface area contributed by atoms with Gasteiger partial charge in [0.1, 0.15) is 5.69 Å². The Hall–Kier alpha value is -4.61. The molecule has 6 rings (SSSR count). The number of aryl methyl sites for hydroxylation is 2. The summed E-state index contributed by atoms with van der Waals surface area (Å²) in [5.41, 5.74) is 9.65. The normalized spacial score (nSPS) is 12.3. The van der Waals surface area contributed by atoms with Crippen molar-refractivity contribution in [2.45, 2.75) is 33.4 Å². The van der Waals surface area contributed by atoms with Gasteiger partial charge in [0.25, 0.3) is 11.8 Å². The molecule has 4 aromatic carbocycles. The second-order valence-corrected chi connectivity index (χ2v) is 11.2. The smallest absolute Gasteiger partial charge is 0.267 e. The molecular formula is C36H32ClN3O2. The molecule has 210 valence electrons. The Bertz CT molecular complexity index is 1790. The van der Waals surface area contributed by atoms with Crippen LogP contribution in [0, 0.1) is 13.8 Å². The van der Waals surface area contributed by atoms with Crippen LogP contribution >= 0.6 is 11.6 Å². The number of para-hydroxylation sites is 1. The molecule has 1 N–H and O–H groups in total. The number of fused-ring (bicyclic) bond motifs is 2. The lowest BCUT2D eigenvalue weighted by Gasteiger charge is -2.23. The third-order valence-corrected chi connectivity index (χ3v) is 8.25. The summed E-state index contributed by atoms with van der Waals surface area (Å²) in [6, 6.07) is 33.6. The maximum atomic E-state index is 14.1. The van der Waals surface area contributed by atoms with E-state index in [-0.39, 0.29) is 11.8 Å². The number of carbonyl (C=O) groups is 2. The molecule has 42 heavy (non-hydrogen) atoms. The molecule has 5 nitrogen and oxygen atoms in total. The summed E-state index contributed by atoms with van der Waals surface area (Å²) in [5, 5.41) is 3.75. The van der Waals surface area contributed by atoms with Crippen LogP contribution in [-0.4, -0.2) is 22.9 Å². The molecule has 2 heterocycles. The fourth-order valence-electron chi connectivity index (χ4n) is 5.73. The Morgan fingerprint density at radius 1 is 0.786 bits per heavy atom. The number of hydrogen-bond donors (Lipinski definition) is 1. The zero-order valence-corrected chi connectivity index (χ0v) is 24.5. The highest BCUT2D eigenvalue weighted by Gasteiger charge is 2.27. The topological polar surface area (TPSA) is 54.3 Å². The number of nitrogens with one attached hydrogen (secondary N) is 1. The van der Waals surface area contributed by atoms with Crippen molar-refractivity contribution in [3.63, 3.8) is 0 Å². The summed E-state index contributed by atoms with van der Waals surface area (Å²) < 4.78 is 2.02. The van der Waals surface area contributed by atoms with Gasteiger partial charge in [0.2, 0.25) is 0 Å². The van der Waals surface area contributed by atoms with E-state index in [9.17, 15) is 9.59 Å². The quantitative estimate of drug-likeness (QED) is 0.227. The molecule has 6 heteroatoms. The average molecular weight is 574 g/mol. The summed E-state index contributed by atoms with van der Waals surface area (Å²) in [6.45, 7) is 5.54. The number of amides is 2. The van der Waals surface area contributed by atoms with Crippen LogP contribution in [0.2, 0.25) is 5.02 Å². The second-order valence-electron chi connectivity index (χ2n) is 10.8. The van der Waals surface area contributed by atoms with Crippen molar-refractivity contribution in [3.8, 4) is 11.1 Å². The lowest BCUT2D eigenvalue weighted by molar-refractivity contribution is 0.0944. The van der Waals surface area contributed by atoms with Gasteiger partial charge in [0.15, 0.2) is 0 Å². The molecule has 0 fully saturated rings. The Kier molecular flexibility index (Phi) is 7.68. The van der Waals surface area contributed by atoms with E-state index in [1.165, 1.54) is 11.1 Å². The minimum atomic E-state index is -0.130. The van der Waals surface area contributed by atoms with Crippen molar-refractivity contribution in [1.29, 1.82) is 0 Å². The van der Waals surface area contributed by atoms with Crippen LogP contribution in [0.1, 0.15) is 48.8 Å². The summed E-state index contributed by atoms with van der Waals surface area (Å²) in [4.78, 5) is 29.2. The predicted octanol–water partition coefficient (Wildman–Crippen LogP) is 7.61. The molecule has 0 atom stereocenters. The van der Waals surface area contributed by atoms with E-state index < -0.39 is 0 Å². The lowest BCUT2D eigenvalue weighted by atomic mass is 9.95. The Balaban J connectivity index is 1.25. The van der Waals surface area contributed by atoms with Crippen molar-refractivity contribution in [1.82, 2.24) is 9.88 Å². The van der Waals surface area contributed by atoms with Crippen molar-refractivity contribution in [3.05, 3.63) is 147 Å². The maximum absolute atomic E-state index is 14.1. The molecule has 0 radical (unpaired) electrons. The zero-order valence-electron chi connectivity index (χ0n) is 23.7. The number of rotatable bonds is 6. The Morgan fingerprint density at radius 3 is 2.31 bits per heavy atom. The highest BCUT2D eigenvalue weighted by Crippen LogP contribution is 2.32. The van der Waals surface area contributed by atoms with Gasteiger partial charge >= 0.3 is 0 Å². The maximum Gasteiger partial charge on any atom is 0.267 e. The van der Waals surface area contributed by atoms with Crippen LogP contribution in [0.15, 0.2) is 103 Å². The monoisotopic (exact) mass is 573 g/mol. The van der Waals surface area contributed by atoms with Crippen LogP contribution in [0.25, 0.3) is 11.1 Å². The van der Waals surface area contributed by atoms with Crippen molar-refractivity contribution in [2.24, 2.45) is 0 Å². The van der Waals surface area contributed by atoms with Gasteiger partial charge in [0, 0.05) is 28.5 Å². The third kappa shape index (κ3) is 5.48. The molecule has 0 bridgehead atoms. The van der Waals surface area contributed by atoms with Crippen LogP contribution in [-0.2, 0) is 19.5 Å². The molecule has 0 saturated carbocycles. The minimum absolute atomic E-state index is 0.0644. The van der Waals surface area contributed by atoms with Gasteiger partial charge in [0.05, 0.1) is 13.1 Å². The molecule has 1 aromatic heterocycles. The van der Waals surface area contributed by atoms with E-state index in [0.29, 0.717) is 42.3 Å². The first-order valence-electron chi connectivity index (χ1n) is 14.2. The van der Waals surface area contributed by atoms with E-state index in [1.807, 2.05) is 100 Å². The first-order chi connectivity index (χ1) is 20.4. The molecule has 0 unspecified atom stereocenters. The minimum Gasteiger partial charge on any atom is -0.350 e. The first-order valence-corrected chi connectivity index (χ1v) is 14.5. The fraction of sp³-hybridized carbons (Fsp3) is 0.167. The van der Waals surface area contributed by atoms with E-state index >= 15 is 0 Å². The van der Waals surface area contributed by atoms with E-state index in [0.717, 1.165) is 33.6 Å². The largest absolute Gasteiger partial charge is 0.350 e. The number of halogens is 1. The number of benzene rings is 4. The third-order valence-electron chi connectivity index (χ3n) is 8.00. The summed E-state index contributed by atoms with van der Waals surface area (Å²) in [7, 11) is 0. The van der Waals surface area contributed by atoms with Crippen molar-refractivity contribution >= 4 is 29.1 Å². The molecule has 2 amide bonds. The molecule has 0 saturated heterocycles. The highest BCUT2D eigenvalue weighted by atomic mass is 35.5. The first kappa shape index (κ1) is 27.6. The van der Waals surface area contributed by atoms with Gasteiger partial charge in [-0.15, -0.1) is 0 Å². The number of carbonyl (C=O) groups excluding carboxylic acids is 2. The summed E-state index contributed by atoms with van der Waals surface area (Å²) in [5.74, 6) is -0.194. The number of hydrogen-bond acceptors (Lipinski definition) is 2. The van der Waals surface area contributed by atoms with Gasteiger partial charge in [-0.25, -0.2) is 0 Å². The SMILES string of the molecule is Cc1ccccc1-c1ccc(C(=O)N2Cc3ccc(C(=O)NCCc4ccc(Cl)cc4)n3Cc3ccccc32)cc1C. The van der Waals surface area contributed by atoms with Gasteiger partial charge in [-0.2, -0.15) is 0 Å². The zero-order chi connectivity index (χ0) is 29.2. The molecule has 5 aromatic rings.